The molecule has 0 radical (unpaired) electrons. The molecule has 5 heteroatoms. The van der Waals surface area contributed by atoms with Gasteiger partial charge in [0.1, 0.15) is 5.82 Å². The molecule has 0 amide bonds. The molecule has 0 aliphatic rings. The van der Waals surface area contributed by atoms with Crippen LogP contribution in [0.4, 0.5) is 4.39 Å². The van der Waals surface area contributed by atoms with Gasteiger partial charge in [0.25, 0.3) is 0 Å². The van der Waals surface area contributed by atoms with Crippen molar-refractivity contribution in [1.82, 2.24) is 0 Å². The normalized spacial score (nSPS) is 11.9. The predicted octanol–water partition coefficient (Wildman–Crippen LogP) is 1.63. The van der Waals surface area contributed by atoms with Crippen LogP contribution in [0.3, 0.4) is 0 Å². The van der Waals surface area contributed by atoms with Gasteiger partial charge in [-0.2, -0.15) is 0 Å². The maximum atomic E-state index is 12.9. The zero-order valence-corrected chi connectivity index (χ0v) is 9.35. The molecule has 1 N–H and O–H groups in total. The summed E-state index contributed by atoms with van der Waals surface area (Å²) < 4.78 is 17.6. The van der Waals surface area contributed by atoms with Crippen LogP contribution in [-0.4, -0.2) is 23.7 Å². The molecule has 0 saturated heterocycles. The quantitative estimate of drug-likeness (QED) is 0.627. The zero-order valence-electron chi connectivity index (χ0n) is 9.35. The molecule has 1 aromatic rings. The topological polar surface area (TPSA) is 63.6 Å². The monoisotopic (exact) mass is 240 g/mol. The molecule has 0 spiro atoms. The van der Waals surface area contributed by atoms with Crippen molar-refractivity contribution in [3.05, 3.63) is 35.6 Å². The van der Waals surface area contributed by atoms with Crippen molar-refractivity contribution in [2.75, 3.05) is 6.61 Å². The number of aliphatic carboxylic acids is 1. The smallest absolute Gasteiger partial charge is 0.320 e. The van der Waals surface area contributed by atoms with Crippen molar-refractivity contribution in [2.24, 2.45) is 5.92 Å². The lowest BCUT2D eigenvalue weighted by Gasteiger charge is -2.11. The Labute approximate surface area is 98.0 Å². The Morgan fingerprint density at radius 3 is 2.71 bits per heavy atom. The third-order valence-corrected chi connectivity index (χ3v) is 2.20. The highest BCUT2D eigenvalue weighted by Crippen LogP contribution is 2.12. The molecule has 0 aliphatic heterocycles. The molecule has 4 nitrogen and oxygen atoms in total. The highest BCUT2D eigenvalue weighted by molar-refractivity contribution is 5.94. The first-order valence-electron chi connectivity index (χ1n) is 5.18. The summed E-state index contributed by atoms with van der Waals surface area (Å²) in [5.74, 6) is -3.83. The summed E-state index contributed by atoms with van der Waals surface area (Å²) in [6.45, 7) is 1.71. The molecule has 1 unspecified atom stereocenters. The Balaban J connectivity index is 2.80. The molecule has 0 fully saturated rings. The van der Waals surface area contributed by atoms with Crippen LogP contribution in [0.15, 0.2) is 24.3 Å². The van der Waals surface area contributed by atoms with E-state index in [0.29, 0.717) is 5.56 Å². The Hall–Kier alpha value is -1.91. The molecule has 0 saturated carbocycles. The number of ether oxygens (including phenoxy) is 1. The van der Waals surface area contributed by atoms with E-state index in [2.05, 4.69) is 4.74 Å². The number of hydrogen-bond donors (Lipinski definition) is 1. The lowest BCUT2D eigenvalue weighted by atomic mass is 9.99. The SMILES string of the molecule is CCOC(=O)C(Cc1cccc(F)c1)C(=O)O. The molecule has 1 rings (SSSR count). The van der Waals surface area contributed by atoms with Crippen LogP contribution in [0.5, 0.6) is 0 Å². The Bertz CT molecular complexity index is 417. The maximum absolute atomic E-state index is 12.9. The first-order chi connectivity index (χ1) is 8.04. The van der Waals surface area contributed by atoms with E-state index in [4.69, 9.17) is 5.11 Å². The van der Waals surface area contributed by atoms with Crippen LogP contribution < -0.4 is 0 Å². The molecular weight excluding hydrogens is 227 g/mol. The van der Waals surface area contributed by atoms with Crippen LogP contribution in [-0.2, 0) is 20.7 Å². The van der Waals surface area contributed by atoms with E-state index < -0.39 is 23.7 Å². The Morgan fingerprint density at radius 1 is 1.47 bits per heavy atom. The number of esters is 1. The van der Waals surface area contributed by atoms with Gasteiger partial charge in [-0.1, -0.05) is 12.1 Å². The second-order valence-electron chi connectivity index (χ2n) is 3.48. The molecule has 1 atom stereocenters. The summed E-state index contributed by atoms with van der Waals surface area (Å²) >= 11 is 0. The summed E-state index contributed by atoms with van der Waals surface area (Å²) in [6, 6.07) is 5.49. The highest BCUT2D eigenvalue weighted by Gasteiger charge is 2.27. The number of rotatable bonds is 5. The van der Waals surface area contributed by atoms with E-state index in [1.807, 2.05) is 0 Å². The number of carboxylic acids is 1. The van der Waals surface area contributed by atoms with E-state index in [1.165, 1.54) is 18.2 Å². The van der Waals surface area contributed by atoms with Crippen molar-refractivity contribution in [3.63, 3.8) is 0 Å². The number of hydrogen-bond acceptors (Lipinski definition) is 3. The summed E-state index contributed by atoms with van der Waals surface area (Å²) in [5.41, 5.74) is 0.449. The van der Waals surface area contributed by atoms with Crippen molar-refractivity contribution < 1.29 is 23.8 Å². The minimum Gasteiger partial charge on any atom is -0.481 e. The zero-order chi connectivity index (χ0) is 12.8. The molecule has 17 heavy (non-hydrogen) atoms. The molecule has 92 valence electrons. The second kappa shape index (κ2) is 5.98. The van der Waals surface area contributed by atoms with Gasteiger partial charge in [0.05, 0.1) is 6.61 Å². The van der Waals surface area contributed by atoms with Crippen LogP contribution in [0, 0.1) is 11.7 Å². The van der Waals surface area contributed by atoms with Crippen molar-refractivity contribution >= 4 is 11.9 Å². The maximum Gasteiger partial charge on any atom is 0.320 e. The third kappa shape index (κ3) is 3.86. The van der Waals surface area contributed by atoms with E-state index in [-0.39, 0.29) is 13.0 Å². The van der Waals surface area contributed by atoms with E-state index >= 15 is 0 Å². The van der Waals surface area contributed by atoms with Crippen molar-refractivity contribution in [3.8, 4) is 0 Å². The fraction of sp³-hybridized carbons (Fsp3) is 0.333. The first-order valence-corrected chi connectivity index (χ1v) is 5.18. The van der Waals surface area contributed by atoms with Gasteiger partial charge in [0.15, 0.2) is 5.92 Å². The van der Waals surface area contributed by atoms with Crippen molar-refractivity contribution in [1.29, 1.82) is 0 Å². The first kappa shape index (κ1) is 13.2. The fourth-order valence-electron chi connectivity index (χ4n) is 1.41. The summed E-state index contributed by atoms with van der Waals surface area (Å²) in [4.78, 5) is 22.3. The van der Waals surface area contributed by atoms with Gasteiger partial charge in [-0.15, -0.1) is 0 Å². The minimum absolute atomic E-state index is 0.0775. The number of halogens is 1. The Kier molecular flexibility index (Phi) is 4.63. The molecule has 1 aromatic carbocycles. The van der Waals surface area contributed by atoms with Gasteiger partial charge in [-0.25, -0.2) is 4.39 Å². The van der Waals surface area contributed by atoms with E-state index in [1.54, 1.807) is 13.0 Å². The molecule has 0 aromatic heterocycles. The molecule has 0 bridgehead atoms. The number of carbonyl (C=O) groups is 2. The predicted molar refractivity (Wildman–Crippen MR) is 57.9 cm³/mol. The summed E-state index contributed by atoms with van der Waals surface area (Å²) in [7, 11) is 0. The molecule has 0 aliphatic carbocycles. The lowest BCUT2D eigenvalue weighted by Crippen LogP contribution is -2.28. The molecule has 0 heterocycles. The van der Waals surface area contributed by atoms with Gasteiger partial charge in [0, 0.05) is 0 Å². The third-order valence-electron chi connectivity index (χ3n) is 2.20. The average molecular weight is 240 g/mol. The fourth-order valence-corrected chi connectivity index (χ4v) is 1.41. The number of carboxylic acid groups (broad SMARTS) is 1. The van der Waals surface area contributed by atoms with Crippen LogP contribution in [0.1, 0.15) is 12.5 Å². The standard InChI is InChI=1S/C12H13FO4/c1-2-17-12(16)10(11(14)15)7-8-4-3-5-9(13)6-8/h3-6,10H,2,7H2,1H3,(H,14,15). The highest BCUT2D eigenvalue weighted by atomic mass is 19.1. The molecular formula is C12H13FO4. The van der Waals surface area contributed by atoms with Crippen LogP contribution in [0.2, 0.25) is 0 Å². The summed E-state index contributed by atoms with van der Waals surface area (Å²) in [6.07, 6.45) is -0.0775. The number of benzene rings is 1. The Morgan fingerprint density at radius 2 is 2.18 bits per heavy atom. The average Bonchev–Trinajstić information content (AvgIpc) is 2.26. The second-order valence-corrected chi connectivity index (χ2v) is 3.48. The van der Waals surface area contributed by atoms with E-state index in [9.17, 15) is 14.0 Å². The summed E-state index contributed by atoms with van der Waals surface area (Å²) in [5, 5.41) is 8.91. The van der Waals surface area contributed by atoms with Gasteiger partial charge in [0.2, 0.25) is 0 Å². The van der Waals surface area contributed by atoms with Crippen molar-refractivity contribution in [2.45, 2.75) is 13.3 Å². The van der Waals surface area contributed by atoms with Gasteiger partial charge >= 0.3 is 11.9 Å². The van der Waals surface area contributed by atoms with E-state index in [0.717, 1.165) is 0 Å². The van der Waals surface area contributed by atoms with Crippen LogP contribution in [0.25, 0.3) is 0 Å². The van der Waals surface area contributed by atoms with Crippen LogP contribution >= 0.6 is 0 Å². The number of carbonyl (C=O) groups excluding carboxylic acids is 1. The minimum atomic E-state index is -1.29. The van der Waals surface area contributed by atoms with Gasteiger partial charge in [-0.3, -0.25) is 9.59 Å². The largest absolute Gasteiger partial charge is 0.481 e. The lowest BCUT2D eigenvalue weighted by molar-refractivity contribution is -0.158. The van der Waals surface area contributed by atoms with Gasteiger partial charge in [-0.05, 0) is 31.0 Å². The van der Waals surface area contributed by atoms with Gasteiger partial charge < -0.3 is 9.84 Å².